The van der Waals surface area contributed by atoms with E-state index in [-0.39, 0.29) is 23.5 Å². The molecule has 2 rings (SSSR count). The lowest BCUT2D eigenvalue weighted by molar-refractivity contribution is -0.385. The smallest absolute Gasteiger partial charge is 0.332 e. The summed E-state index contributed by atoms with van der Waals surface area (Å²) in [5.41, 5.74) is 5.79. The summed E-state index contributed by atoms with van der Waals surface area (Å²) in [7, 11) is 0. The minimum absolute atomic E-state index is 0.0619. The SMILES string of the molecule is CCC(CC1CC1)Nc1nc(N)nc(C)c1[N+](=O)[O-]. The van der Waals surface area contributed by atoms with Gasteiger partial charge in [0.05, 0.1) is 4.92 Å². The van der Waals surface area contributed by atoms with Gasteiger partial charge in [-0.1, -0.05) is 19.8 Å². The van der Waals surface area contributed by atoms with Crippen molar-refractivity contribution in [2.24, 2.45) is 5.92 Å². The summed E-state index contributed by atoms with van der Waals surface area (Å²) >= 11 is 0. The Labute approximate surface area is 111 Å². The zero-order chi connectivity index (χ0) is 14.0. The molecule has 0 bridgehead atoms. The maximum Gasteiger partial charge on any atom is 0.332 e. The highest BCUT2D eigenvalue weighted by Gasteiger charge is 2.27. The molecule has 1 aliphatic rings. The lowest BCUT2D eigenvalue weighted by atomic mass is 10.1. The van der Waals surface area contributed by atoms with Gasteiger partial charge in [-0.3, -0.25) is 10.1 Å². The molecule has 1 aromatic heterocycles. The molecule has 0 aliphatic heterocycles. The second-order valence-corrected chi connectivity index (χ2v) is 5.05. The van der Waals surface area contributed by atoms with E-state index in [0.717, 1.165) is 18.8 Å². The molecule has 1 unspecified atom stereocenters. The molecule has 1 aromatic rings. The van der Waals surface area contributed by atoms with Crippen LogP contribution in [0.2, 0.25) is 0 Å². The first-order chi connectivity index (χ1) is 9.01. The summed E-state index contributed by atoms with van der Waals surface area (Å²) in [6.45, 7) is 3.63. The highest BCUT2D eigenvalue weighted by molar-refractivity contribution is 5.60. The molecule has 0 aromatic carbocycles. The number of rotatable bonds is 6. The van der Waals surface area contributed by atoms with Gasteiger partial charge in [-0.05, 0) is 25.7 Å². The molecule has 0 saturated heterocycles. The van der Waals surface area contributed by atoms with Crippen molar-refractivity contribution in [1.82, 2.24) is 9.97 Å². The highest BCUT2D eigenvalue weighted by atomic mass is 16.6. The van der Waals surface area contributed by atoms with Crippen molar-refractivity contribution in [3.8, 4) is 0 Å². The van der Waals surface area contributed by atoms with Gasteiger partial charge in [-0.25, -0.2) is 4.98 Å². The van der Waals surface area contributed by atoms with Crippen LogP contribution < -0.4 is 11.1 Å². The third kappa shape index (κ3) is 3.30. The number of nitrogens with two attached hydrogens (primary N) is 1. The molecule has 3 N–H and O–H groups in total. The topological polar surface area (TPSA) is 107 Å². The van der Waals surface area contributed by atoms with E-state index >= 15 is 0 Å². The molecule has 0 amide bonds. The van der Waals surface area contributed by atoms with Gasteiger partial charge in [0.2, 0.25) is 11.8 Å². The summed E-state index contributed by atoms with van der Waals surface area (Å²) < 4.78 is 0. The lowest BCUT2D eigenvalue weighted by Gasteiger charge is -2.17. The summed E-state index contributed by atoms with van der Waals surface area (Å²) in [5.74, 6) is 1.05. The number of nitro groups is 1. The van der Waals surface area contributed by atoms with Crippen LogP contribution in [0.15, 0.2) is 0 Å². The maximum absolute atomic E-state index is 11.1. The fraction of sp³-hybridized carbons (Fsp3) is 0.667. The predicted molar refractivity (Wildman–Crippen MR) is 72.9 cm³/mol. The van der Waals surface area contributed by atoms with Crippen molar-refractivity contribution >= 4 is 17.5 Å². The number of aromatic nitrogens is 2. The van der Waals surface area contributed by atoms with Crippen LogP contribution in [0.1, 0.15) is 38.3 Å². The molecule has 1 fully saturated rings. The van der Waals surface area contributed by atoms with E-state index in [4.69, 9.17) is 5.73 Å². The monoisotopic (exact) mass is 265 g/mol. The van der Waals surface area contributed by atoms with E-state index in [1.54, 1.807) is 6.92 Å². The van der Waals surface area contributed by atoms with Crippen molar-refractivity contribution in [1.29, 1.82) is 0 Å². The quantitative estimate of drug-likeness (QED) is 0.603. The number of aryl methyl sites for hydroxylation is 1. The molecule has 19 heavy (non-hydrogen) atoms. The van der Waals surface area contributed by atoms with Gasteiger partial charge >= 0.3 is 5.69 Å². The van der Waals surface area contributed by atoms with Gasteiger partial charge in [0.1, 0.15) is 5.69 Å². The highest BCUT2D eigenvalue weighted by Crippen LogP contribution is 2.35. The summed E-state index contributed by atoms with van der Waals surface area (Å²) in [6, 6.07) is 0.194. The van der Waals surface area contributed by atoms with Crippen LogP contribution in [0.5, 0.6) is 0 Å². The summed E-state index contributed by atoms with van der Waals surface area (Å²) in [6.07, 6.45) is 4.43. The van der Waals surface area contributed by atoms with Crippen LogP contribution in [0.25, 0.3) is 0 Å². The van der Waals surface area contributed by atoms with Crippen LogP contribution in [-0.4, -0.2) is 20.9 Å². The Morgan fingerprint density at radius 2 is 2.21 bits per heavy atom. The van der Waals surface area contributed by atoms with Crippen LogP contribution in [0.4, 0.5) is 17.5 Å². The van der Waals surface area contributed by atoms with Crippen LogP contribution in [0, 0.1) is 23.0 Å². The van der Waals surface area contributed by atoms with Crippen molar-refractivity contribution in [2.45, 2.75) is 45.6 Å². The van der Waals surface area contributed by atoms with Gasteiger partial charge in [-0.15, -0.1) is 0 Å². The molecular formula is C12H19N5O2. The maximum atomic E-state index is 11.1. The zero-order valence-electron chi connectivity index (χ0n) is 11.2. The Hall–Kier alpha value is -1.92. The number of nitrogen functional groups attached to an aromatic ring is 1. The van der Waals surface area contributed by atoms with Crippen molar-refractivity contribution < 1.29 is 4.92 Å². The summed E-state index contributed by atoms with van der Waals surface area (Å²) in [4.78, 5) is 18.5. The second kappa shape index (κ2) is 5.38. The lowest BCUT2D eigenvalue weighted by Crippen LogP contribution is -2.21. The van der Waals surface area contributed by atoms with Crippen LogP contribution in [-0.2, 0) is 0 Å². The average molecular weight is 265 g/mol. The molecule has 7 heteroatoms. The Bertz CT molecular complexity index is 487. The Kier molecular flexibility index (Phi) is 3.82. The van der Waals surface area contributed by atoms with Crippen molar-refractivity contribution in [3.63, 3.8) is 0 Å². The number of nitrogens with zero attached hydrogens (tertiary/aromatic N) is 3. The number of hydrogen-bond donors (Lipinski definition) is 2. The normalized spacial score (nSPS) is 16.1. The van der Waals surface area contributed by atoms with Crippen molar-refractivity contribution in [2.75, 3.05) is 11.1 Å². The van der Waals surface area contributed by atoms with Gasteiger partial charge in [0, 0.05) is 6.04 Å². The number of nitrogens with one attached hydrogen (secondary N) is 1. The Morgan fingerprint density at radius 3 is 2.74 bits per heavy atom. The molecule has 104 valence electrons. The van der Waals surface area contributed by atoms with E-state index < -0.39 is 4.92 Å². The number of anilines is 2. The fourth-order valence-corrected chi connectivity index (χ4v) is 2.18. The minimum atomic E-state index is -0.457. The number of hydrogen-bond acceptors (Lipinski definition) is 6. The zero-order valence-corrected chi connectivity index (χ0v) is 11.2. The average Bonchev–Trinajstić information content (AvgIpc) is 3.10. The minimum Gasteiger partial charge on any atom is -0.368 e. The van der Waals surface area contributed by atoms with E-state index in [2.05, 4.69) is 22.2 Å². The van der Waals surface area contributed by atoms with Gasteiger partial charge in [0.15, 0.2) is 0 Å². The van der Waals surface area contributed by atoms with Gasteiger partial charge in [0.25, 0.3) is 0 Å². The molecule has 0 spiro atoms. The van der Waals surface area contributed by atoms with Crippen LogP contribution in [0.3, 0.4) is 0 Å². The molecule has 7 nitrogen and oxygen atoms in total. The molecule has 1 aliphatic carbocycles. The van der Waals surface area contributed by atoms with Crippen molar-refractivity contribution in [3.05, 3.63) is 15.8 Å². The standard InChI is InChI=1S/C12H19N5O2/c1-3-9(6-8-4-5-8)15-11-10(17(18)19)7(2)14-12(13)16-11/h8-9H,3-6H2,1-2H3,(H3,13,14,15,16). The molecule has 0 radical (unpaired) electrons. The molecular weight excluding hydrogens is 246 g/mol. The van der Waals surface area contributed by atoms with E-state index in [0.29, 0.717) is 5.69 Å². The van der Waals surface area contributed by atoms with E-state index in [1.807, 2.05) is 0 Å². The fourth-order valence-electron chi connectivity index (χ4n) is 2.18. The largest absolute Gasteiger partial charge is 0.368 e. The Balaban J connectivity index is 2.23. The third-order valence-corrected chi connectivity index (χ3v) is 3.41. The van der Waals surface area contributed by atoms with Crippen LogP contribution >= 0.6 is 0 Å². The summed E-state index contributed by atoms with van der Waals surface area (Å²) in [5, 5.41) is 14.3. The van der Waals surface area contributed by atoms with E-state index in [1.165, 1.54) is 12.8 Å². The Morgan fingerprint density at radius 1 is 1.53 bits per heavy atom. The van der Waals surface area contributed by atoms with E-state index in [9.17, 15) is 10.1 Å². The van der Waals surface area contributed by atoms with Gasteiger partial charge in [-0.2, -0.15) is 4.98 Å². The second-order valence-electron chi connectivity index (χ2n) is 5.05. The predicted octanol–water partition coefficient (Wildman–Crippen LogP) is 2.27. The third-order valence-electron chi connectivity index (χ3n) is 3.41. The molecule has 1 atom stereocenters. The van der Waals surface area contributed by atoms with Gasteiger partial charge < -0.3 is 11.1 Å². The first kappa shape index (κ1) is 13.5. The first-order valence-corrected chi connectivity index (χ1v) is 6.56. The first-order valence-electron chi connectivity index (χ1n) is 6.56. The molecule has 1 heterocycles. The molecule has 1 saturated carbocycles.